The highest BCUT2D eigenvalue weighted by Gasteiger charge is 2.54. The molecule has 0 aromatic rings. The van der Waals surface area contributed by atoms with Crippen LogP contribution < -0.4 is 0 Å². The van der Waals surface area contributed by atoms with Crippen LogP contribution in [-0.4, -0.2) is 10.7 Å². The predicted octanol–water partition coefficient (Wildman–Crippen LogP) is 19.4. The molecule has 0 aromatic carbocycles. The largest absolute Gasteiger partial charge is 0.389 e. The van der Waals surface area contributed by atoms with Gasteiger partial charge in [0.15, 0.2) is 0 Å². The third-order valence-corrected chi connectivity index (χ3v) is 15.9. The molecule has 1 heteroatoms. The molecule has 0 atom stereocenters. The quantitative estimate of drug-likeness (QED) is 0.295. The first-order chi connectivity index (χ1) is 23.6. The van der Waals surface area contributed by atoms with Crippen molar-refractivity contribution in [1.82, 2.24) is 0 Å². The fourth-order valence-electron chi connectivity index (χ4n) is 10.3. The van der Waals surface area contributed by atoms with E-state index >= 15 is 0 Å². The Bertz CT molecular complexity index is 947. The van der Waals surface area contributed by atoms with E-state index in [4.69, 9.17) is 0 Å². The molecule has 1 rings (SSSR count). The van der Waals surface area contributed by atoms with Crippen molar-refractivity contribution in [3.8, 4) is 0 Å². The lowest BCUT2D eigenvalue weighted by molar-refractivity contribution is -0.139. The average molecular weight is 796 g/mol. The Morgan fingerprint density at radius 2 is 0.661 bits per heavy atom. The van der Waals surface area contributed by atoms with Crippen molar-refractivity contribution in [2.24, 2.45) is 76.8 Å². The first-order valence-electron chi connectivity index (χ1n) is 23.3. The summed E-state index contributed by atoms with van der Waals surface area (Å²) in [5.41, 5.74) is 3.78. The molecule has 0 heterocycles. The Hall–Kier alpha value is -0.0400. The fraction of sp³-hybridized carbons (Fsp3) is 1.00. The molecule has 0 saturated heterocycles. The molecule has 56 heavy (non-hydrogen) atoms. The Balaban J connectivity index is -0.000000302. The molecule has 1 N–H and O–H groups in total. The number of hydrogen-bond donors (Lipinski definition) is 1. The monoisotopic (exact) mass is 795 g/mol. The Morgan fingerprint density at radius 1 is 0.411 bits per heavy atom. The molecule has 1 nitrogen and oxygen atoms in total. The maximum atomic E-state index is 10.5. The van der Waals surface area contributed by atoms with Gasteiger partial charge in [-0.25, -0.2) is 0 Å². The molecule has 1 aliphatic rings. The second kappa shape index (κ2) is 20.2. The molecule has 0 aromatic heterocycles. The molecule has 0 amide bonds. The van der Waals surface area contributed by atoms with Crippen LogP contribution in [0.2, 0.25) is 0 Å². The van der Waals surface area contributed by atoms with E-state index in [1.807, 2.05) is 0 Å². The van der Waals surface area contributed by atoms with E-state index < -0.39 is 5.60 Å². The molecule has 0 aliphatic heterocycles. The fourth-order valence-corrected chi connectivity index (χ4v) is 10.3. The van der Waals surface area contributed by atoms with Crippen LogP contribution in [0.15, 0.2) is 0 Å². The second-order valence-corrected chi connectivity index (χ2v) is 29.4. The minimum atomic E-state index is -0.583. The van der Waals surface area contributed by atoms with Crippen LogP contribution in [0.1, 0.15) is 274 Å². The molecule has 1 saturated carbocycles. The summed E-state index contributed by atoms with van der Waals surface area (Å²) in [6, 6.07) is 0. The first kappa shape index (κ1) is 62.6. The lowest BCUT2D eigenvalue weighted by Crippen LogP contribution is -2.52. The molecule has 1 aliphatic carbocycles. The summed E-state index contributed by atoms with van der Waals surface area (Å²) in [5, 5.41) is 10.5. The minimum Gasteiger partial charge on any atom is -0.389 e. The zero-order valence-corrected chi connectivity index (χ0v) is 46.6. The van der Waals surface area contributed by atoms with Gasteiger partial charge in [-0.15, -0.1) is 0 Å². The van der Waals surface area contributed by atoms with Crippen LogP contribution in [0.25, 0.3) is 0 Å². The van der Waals surface area contributed by atoms with Crippen molar-refractivity contribution in [1.29, 1.82) is 0 Å². The van der Waals surface area contributed by atoms with Crippen LogP contribution in [0, 0.1) is 76.8 Å². The zero-order valence-electron chi connectivity index (χ0n) is 46.6. The lowest BCUT2D eigenvalue weighted by Gasteiger charge is -2.60. The van der Waals surface area contributed by atoms with Crippen molar-refractivity contribution >= 4 is 0 Å². The van der Waals surface area contributed by atoms with E-state index in [2.05, 4.69) is 242 Å². The molecular weight excluding hydrogens is 677 g/mol. The third kappa shape index (κ3) is 18.3. The van der Waals surface area contributed by atoms with Gasteiger partial charge < -0.3 is 5.11 Å². The minimum absolute atomic E-state index is 0.0556. The average Bonchev–Trinajstić information content (AvgIpc) is 2.81. The van der Waals surface area contributed by atoms with Gasteiger partial charge in [0.2, 0.25) is 0 Å². The predicted molar refractivity (Wildman–Crippen MR) is 263 cm³/mol. The summed E-state index contributed by atoms with van der Waals surface area (Å²) in [6.07, 6.45) is 6.39. The number of hydrogen-bond acceptors (Lipinski definition) is 1. The van der Waals surface area contributed by atoms with Gasteiger partial charge in [-0.05, 0) is 96.1 Å². The van der Waals surface area contributed by atoms with E-state index in [0.29, 0.717) is 54.1 Å². The highest BCUT2D eigenvalue weighted by atomic mass is 16.3. The molecule has 0 radical (unpaired) electrons. The van der Waals surface area contributed by atoms with Crippen molar-refractivity contribution in [2.75, 3.05) is 0 Å². The smallest absolute Gasteiger partial charge is 0.0741 e. The molecule has 0 unspecified atom stereocenters. The first-order valence-corrected chi connectivity index (χ1v) is 23.3. The van der Waals surface area contributed by atoms with Crippen molar-refractivity contribution in [3.63, 3.8) is 0 Å². The normalized spacial score (nSPS) is 16.6. The van der Waals surface area contributed by atoms with Crippen LogP contribution in [0.5, 0.6) is 0 Å². The van der Waals surface area contributed by atoms with E-state index in [1.54, 1.807) is 0 Å². The van der Waals surface area contributed by atoms with E-state index in [1.165, 1.54) is 25.7 Å². The van der Waals surface area contributed by atoms with Crippen molar-refractivity contribution < 1.29 is 5.11 Å². The molecule has 0 spiro atoms. The summed E-state index contributed by atoms with van der Waals surface area (Å²) >= 11 is 0. The Kier molecular flexibility index (Phi) is 22.6. The summed E-state index contributed by atoms with van der Waals surface area (Å²) in [5.74, 6) is 1.58. The van der Waals surface area contributed by atoms with Gasteiger partial charge in [0.1, 0.15) is 0 Å². The highest BCUT2D eigenvalue weighted by molar-refractivity contribution is 5.03. The molecular formula is C55H118O. The highest BCUT2D eigenvalue weighted by Crippen LogP contribution is 2.63. The lowest BCUT2D eigenvalue weighted by atomic mass is 9.45. The van der Waals surface area contributed by atoms with E-state index in [-0.39, 0.29) is 10.8 Å². The molecule has 1 fully saturated rings. The maximum absolute atomic E-state index is 10.5. The SMILES string of the molecule is CC(C(C)(C)C)C(C)(C)C.CC(C)(C)C(C)(C)C(C)(C)C.CC(C)(C)C1(C(C)(C)C)CCC1.CCC(C(C)(C)C)C(C)(C)C.CCC(O)(C(C)(C)C)C(C)(C)C. The third-order valence-electron chi connectivity index (χ3n) is 15.9. The van der Waals surface area contributed by atoms with Gasteiger partial charge in [-0.1, -0.05) is 255 Å². The van der Waals surface area contributed by atoms with Crippen LogP contribution in [-0.2, 0) is 0 Å². The van der Waals surface area contributed by atoms with Gasteiger partial charge in [0.25, 0.3) is 0 Å². The second-order valence-electron chi connectivity index (χ2n) is 29.4. The maximum Gasteiger partial charge on any atom is 0.0741 e. The standard InChI is InChI=1S/C12H24.C11H24O.2C11H24.C10H22/c1-10(2,3)12(8-7-9-12)11(4,5)6;1-8-11(12,9(2,3)4)10(5,6)7;1-9(2,3)11(7,8)10(4,5)6;1-8-9(10(2,3)4)11(5,6)7;1-8(9(2,3)4)10(5,6)7/h7-9H2,1-6H3;12H,8H2,1-7H3;1-8H3;9H,8H2,1-7H3;8H,1-7H3. The summed E-state index contributed by atoms with van der Waals surface area (Å²) in [7, 11) is 0. The van der Waals surface area contributed by atoms with Gasteiger partial charge in [-0.2, -0.15) is 0 Å². The molecule has 0 bridgehead atoms. The van der Waals surface area contributed by atoms with Crippen LogP contribution >= 0.6 is 0 Å². The summed E-state index contributed by atoms with van der Waals surface area (Å²) < 4.78 is 0. The van der Waals surface area contributed by atoms with Crippen molar-refractivity contribution in [2.45, 2.75) is 280 Å². The van der Waals surface area contributed by atoms with Gasteiger partial charge in [0.05, 0.1) is 5.60 Å². The number of aliphatic hydroxyl groups is 1. The Morgan fingerprint density at radius 3 is 0.661 bits per heavy atom. The van der Waals surface area contributed by atoms with Crippen LogP contribution in [0.3, 0.4) is 0 Å². The zero-order chi connectivity index (χ0) is 47.2. The van der Waals surface area contributed by atoms with E-state index in [9.17, 15) is 5.11 Å². The van der Waals surface area contributed by atoms with Gasteiger partial charge in [-0.3, -0.25) is 0 Å². The van der Waals surface area contributed by atoms with Gasteiger partial charge >= 0.3 is 0 Å². The van der Waals surface area contributed by atoms with Gasteiger partial charge in [0, 0.05) is 0 Å². The topological polar surface area (TPSA) is 20.2 Å². The summed E-state index contributed by atoms with van der Waals surface area (Å²) in [6.45, 7) is 80.2. The molecule has 344 valence electrons. The van der Waals surface area contributed by atoms with Crippen LogP contribution in [0.4, 0.5) is 0 Å². The van der Waals surface area contributed by atoms with E-state index in [0.717, 1.165) is 18.3 Å². The Labute approximate surface area is 360 Å². The number of rotatable bonds is 2. The summed E-state index contributed by atoms with van der Waals surface area (Å²) in [4.78, 5) is 0. The van der Waals surface area contributed by atoms with Crippen molar-refractivity contribution in [3.05, 3.63) is 0 Å².